The zero-order valence-electron chi connectivity index (χ0n) is 12.7. The number of nitrogens with one attached hydrogen (secondary N) is 2. The van der Waals surface area contributed by atoms with Gasteiger partial charge >= 0.3 is 0 Å². The highest BCUT2D eigenvalue weighted by Gasteiger charge is 2.12. The molecule has 4 nitrogen and oxygen atoms in total. The number of para-hydroxylation sites is 1. The van der Waals surface area contributed by atoms with Gasteiger partial charge in [-0.05, 0) is 37.8 Å². The van der Waals surface area contributed by atoms with E-state index in [1.54, 1.807) is 7.05 Å². The van der Waals surface area contributed by atoms with Crippen molar-refractivity contribution in [2.45, 2.75) is 39.4 Å². The summed E-state index contributed by atoms with van der Waals surface area (Å²) < 4.78 is 2.01. The molecular weight excluding hydrogens is 250 g/mol. The van der Waals surface area contributed by atoms with Gasteiger partial charge in [0.25, 0.3) is 0 Å². The number of benzene rings is 1. The first-order chi connectivity index (χ1) is 9.40. The highest BCUT2D eigenvalue weighted by molar-refractivity contribution is 5.85. The molecule has 0 saturated carbocycles. The molecule has 0 aliphatic heterocycles. The van der Waals surface area contributed by atoms with Crippen LogP contribution in [-0.4, -0.2) is 23.1 Å². The van der Waals surface area contributed by atoms with Crippen molar-refractivity contribution in [3.05, 3.63) is 36.0 Å². The number of likely N-dealkylation sites (N-methyl/N-ethyl adjacent to an activating group) is 1. The molecule has 0 aliphatic rings. The van der Waals surface area contributed by atoms with Crippen LogP contribution in [0, 0.1) is 0 Å². The van der Waals surface area contributed by atoms with E-state index in [1.165, 1.54) is 10.9 Å². The number of hydrogen-bond donors (Lipinski definition) is 2. The molecule has 0 aliphatic carbocycles. The van der Waals surface area contributed by atoms with Crippen molar-refractivity contribution in [3.63, 3.8) is 0 Å². The summed E-state index contributed by atoms with van der Waals surface area (Å²) in [5.41, 5.74) is 2.42. The van der Waals surface area contributed by atoms with Gasteiger partial charge in [0, 0.05) is 25.3 Å². The predicted molar refractivity (Wildman–Crippen MR) is 82.6 cm³/mol. The van der Waals surface area contributed by atoms with Crippen molar-refractivity contribution in [2.24, 2.45) is 0 Å². The lowest BCUT2D eigenvalue weighted by molar-refractivity contribution is -0.121. The van der Waals surface area contributed by atoms with Crippen LogP contribution >= 0.6 is 0 Å². The first-order valence-corrected chi connectivity index (χ1v) is 6.93. The summed E-state index contributed by atoms with van der Waals surface area (Å²) in [6.07, 6.45) is 1.97. The first kappa shape index (κ1) is 14.6. The molecule has 2 N–H and O–H groups in total. The molecule has 1 heterocycles. The Morgan fingerprint density at radius 2 is 2.00 bits per heavy atom. The Labute approximate surface area is 120 Å². The molecular formula is C16H23N3O. The third kappa shape index (κ3) is 3.39. The van der Waals surface area contributed by atoms with Crippen molar-refractivity contribution in [1.29, 1.82) is 0 Å². The molecule has 1 amide bonds. The third-order valence-corrected chi connectivity index (χ3v) is 3.27. The molecule has 0 saturated heterocycles. The fraction of sp³-hybridized carbons (Fsp3) is 0.438. The Balaban J connectivity index is 2.34. The lowest BCUT2D eigenvalue weighted by Gasteiger charge is -2.21. The lowest BCUT2D eigenvalue weighted by Crippen LogP contribution is -2.35. The van der Waals surface area contributed by atoms with Crippen molar-refractivity contribution in [3.8, 4) is 0 Å². The number of nitrogens with zero attached hydrogens (tertiary/aromatic N) is 1. The van der Waals surface area contributed by atoms with E-state index in [2.05, 4.69) is 55.7 Å². The highest BCUT2D eigenvalue weighted by Crippen LogP contribution is 2.21. The SMILES string of the molecule is CNC(=O)Cn1ccc2cccc(CNC(C)(C)C)c21. The number of hydrogen-bond acceptors (Lipinski definition) is 2. The summed E-state index contributed by atoms with van der Waals surface area (Å²) in [7, 11) is 1.66. The average molecular weight is 273 g/mol. The Hall–Kier alpha value is -1.81. The average Bonchev–Trinajstić information content (AvgIpc) is 2.79. The van der Waals surface area contributed by atoms with E-state index in [9.17, 15) is 4.79 Å². The van der Waals surface area contributed by atoms with Crippen LogP contribution in [-0.2, 0) is 17.9 Å². The molecule has 0 spiro atoms. The molecule has 0 fully saturated rings. The second kappa shape index (κ2) is 5.67. The Kier molecular flexibility index (Phi) is 4.14. The van der Waals surface area contributed by atoms with Crippen LogP contribution in [0.2, 0.25) is 0 Å². The van der Waals surface area contributed by atoms with E-state index in [4.69, 9.17) is 0 Å². The number of carbonyl (C=O) groups is 1. The zero-order valence-corrected chi connectivity index (χ0v) is 12.7. The molecule has 2 rings (SSSR count). The number of aromatic nitrogens is 1. The summed E-state index contributed by atoms with van der Waals surface area (Å²) in [6.45, 7) is 7.59. The largest absolute Gasteiger partial charge is 0.358 e. The molecule has 0 radical (unpaired) electrons. The Morgan fingerprint density at radius 3 is 2.65 bits per heavy atom. The van der Waals surface area contributed by atoms with E-state index in [-0.39, 0.29) is 11.4 Å². The molecule has 2 aromatic rings. The predicted octanol–water partition coefficient (Wildman–Crippen LogP) is 2.28. The van der Waals surface area contributed by atoms with Crippen molar-refractivity contribution >= 4 is 16.8 Å². The van der Waals surface area contributed by atoms with Crippen LogP contribution in [0.4, 0.5) is 0 Å². The minimum atomic E-state index is 0.0149. The van der Waals surface area contributed by atoms with Gasteiger partial charge < -0.3 is 15.2 Å². The second-order valence-electron chi connectivity index (χ2n) is 6.08. The monoisotopic (exact) mass is 273 g/mol. The minimum Gasteiger partial charge on any atom is -0.358 e. The van der Waals surface area contributed by atoms with E-state index in [1.807, 2.05) is 10.8 Å². The van der Waals surface area contributed by atoms with Gasteiger partial charge in [0.2, 0.25) is 5.91 Å². The number of fused-ring (bicyclic) bond motifs is 1. The third-order valence-electron chi connectivity index (χ3n) is 3.27. The summed E-state index contributed by atoms with van der Waals surface area (Å²) in [4.78, 5) is 11.6. The van der Waals surface area contributed by atoms with E-state index in [0.717, 1.165) is 12.1 Å². The van der Waals surface area contributed by atoms with Crippen LogP contribution in [0.3, 0.4) is 0 Å². The number of rotatable bonds is 4. The Bertz CT molecular complexity index is 608. The van der Waals surface area contributed by atoms with Gasteiger partial charge in [-0.25, -0.2) is 0 Å². The maximum atomic E-state index is 11.6. The summed E-state index contributed by atoms with van der Waals surface area (Å²) >= 11 is 0. The van der Waals surface area contributed by atoms with Crippen LogP contribution in [0.15, 0.2) is 30.5 Å². The fourth-order valence-electron chi connectivity index (χ4n) is 2.21. The molecule has 0 bridgehead atoms. The van der Waals surface area contributed by atoms with E-state index < -0.39 is 0 Å². The van der Waals surface area contributed by atoms with Crippen LogP contribution in [0.5, 0.6) is 0 Å². The van der Waals surface area contributed by atoms with Crippen LogP contribution in [0.25, 0.3) is 10.9 Å². The van der Waals surface area contributed by atoms with E-state index >= 15 is 0 Å². The van der Waals surface area contributed by atoms with Gasteiger partial charge in [-0.2, -0.15) is 0 Å². The maximum absolute atomic E-state index is 11.6. The van der Waals surface area contributed by atoms with Crippen molar-refractivity contribution in [2.75, 3.05) is 7.05 Å². The second-order valence-corrected chi connectivity index (χ2v) is 6.08. The van der Waals surface area contributed by atoms with Gasteiger partial charge in [-0.1, -0.05) is 18.2 Å². The van der Waals surface area contributed by atoms with Crippen molar-refractivity contribution < 1.29 is 4.79 Å². The molecule has 1 aromatic heterocycles. The van der Waals surface area contributed by atoms with Gasteiger partial charge in [-0.3, -0.25) is 4.79 Å². The molecule has 108 valence electrons. The zero-order chi connectivity index (χ0) is 14.8. The van der Waals surface area contributed by atoms with Crippen molar-refractivity contribution in [1.82, 2.24) is 15.2 Å². The minimum absolute atomic E-state index is 0.0149. The number of carbonyl (C=O) groups excluding carboxylic acids is 1. The maximum Gasteiger partial charge on any atom is 0.239 e. The first-order valence-electron chi connectivity index (χ1n) is 6.93. The smallest absolute Gasteiger partial charge is 0.239 e. The molecule has 0 unspecified atom stereocenters. The van der Waals surface area contributed by atoms with Gasteiger partial charge in [-0.15, -0.1) is 0 Å². The molecule has 1 aromatic carbocycles. The quantitative estimate of drug-likeness (QED) is 0.897. The van der Waals surface area contributed by atoms with Crippen LogP contribution in [0.1, 0.15) is 26.3 Å². The topological polar surface area (TPSA) is 46.1 Å². The highest BCUT2D eigenvalue weighted by atomic mass is 16.1. The standard InChI is InChI=1S/C16H23N3O/c1-16(2,3)18-10-13-7-5-6-12-8-9-19(15(12)13)11-14(20)17-4/h5-9,18H,10-11H2,1-4H3,(H,17,20). The lowest BCUT2D eigenvalue weighted by atomic mass is 10.1. The summed E-state index contributed by atoms with van der Waals surface area (Å²) in [5.74, 6) is 0.0149. The fourth-order valence-corrected chi connectivity index (χ4v) is 2.21. The molecule has 20 heavy (non-hydrogen) atoms. The van der Waals surface area contributed by atoms with Crippen LogP contribution < -0.4 is 10.6 Å². The summed E-state index contributed by atoms with van der Waals surface area (Å²) in [5, 5.41) is 7.34. The molecule has 4 heteroatoms. The van der Waals surface area contributed by atoms with Gasteiger partial charge in [0.1, 0.15) is 6.54 Å². The summed E-state index contributed by atoms with van der Waals surface area (Å²) in [6, 6.07) is 8.31. The van der Waals surface area contributed by atoms with E-state index in [0.29, 0.717) is 6.54 Å². The normalized spacial score (nSPS) is 11.8. The van der Waals surface area contributed by atoms with Gasteiger partial charge in [0.15, 0.2) is 0 Å². The van der Waals surface area contributed by atoms with Gasteiger partial charge in [0.05, 0.1) is 5.52 Å². The Morgan fingerprint density at radius 1 is 1.25 bits per heavy atom. The molecule has 0 atom stereocenters. The number of amides is 1.